The van der Waals surface area contributed by atoms with Crippen molar-refractivity contribution in [3.8, 4) is 5.75 Å². The first-order valence-corrected chi connectivity index (χ1v) is 10.4. The molecule has 7 nitrogen and oxygen atoms in total. The zero-order valence-corrected chi connectivity index (χ0v) is 17.5. The van der Waals surface area contributed by atoms with Gasteiger partial charge in [-0.15, -0.1) is 10.2 Å². The number of benzene rings is 2. The van der Waals surface area contributed by atoms with E-state index >= 15 is 0 Å². The van der Waals surface area contributed by atoms with Crippen LogP contribution in [0.2, 0.25) is 5.02 Å². The molecule has 2 aromatic carbocycles. The van der Waals surface area contributed by atoms with E-state index in [4.69, 9.17) is 16.3 Å². The van der Waals surface area contributed by atoms with E-state index in [1.165, 1.54) is 11.8 Å². The molecule has 0 spiro atoms. The number of nitrogens with one attached hydrogen (secondary N) is 2. The lowest BCUT2D eigenvalue weighted by molar-refractivity contribution is -0.116. The minimum absolute atomic E-state index is 0.141. The first-order valence-electron chi connectivity index (χ1n) is 9.17. The molecule has 0 fully saturated rings. The molecule has 9 heteroatoms. The van der Waals surface area contributed by atoms with Gasteiger partial charge in [0.15, 0.2) is 5.82 Å². The number of halogens is 1. The lowest BCUT2D eigenvalue weighted by atomic mass is 10.0. The Morgan fingerprint density at radius 1 is 1.28 bits per heavy atom. The molecule has 2 atom stereocenters. The van der Waals surface area contributed by atoms with E-state index in [9.17, 15) is 4.79 Å². The average molecular weight is 430 g/mol. The number of rotatable bonds is 5. The Morgan fingerprint density at radius 2 is 2.07 bits per heavy atom. The molecule has 0 saturated heterocycles. The van der Waals surface area contributed by atoms with Gasteiger partial charge in [-0.2, -0.15) is 0 Å². The van der Waals surface area contributed by atoms with E-state index in [1.807, 2.05) is 41.9 Å². The van der Waals surface area contributed by atoms with Gasteiger partial charge in [-0.1, -0.05) is 48.5 Å². The molecule has 2 heterocycles. The zero-order valence-electron chi connectivity index (χ0n) is 15.9. The molecular weight excluding hydrogens is 410 g/mol. The molecular formula is C20H20ClN5O2S. The predicted molar refractivity (Wildman–Crippen MR) is 114 cm³/mol. The Labute approximate surface area is 177 Å². The number of nitrogens with zero attached hydrogens (tertiary/aromatic N) is 3. The van der Waals surface area contributed by atoms with Crippen LogP contribution in [0, 0.1) is 0 Å². The highest BCUT2D eigenvalue weighted by atomic mass is 35.5. The lowest BCUT2D eigenvalue weighted by Gasteiger charge is -2.33. The fraction of sp³-hybridized carbons (Fsp3) is 0.250. The van der Waals surface area contributed by atoms with Crippen molar-refractivity contribution in [2.24, 2.45) is 0 Å². The Kier molecular flexibility index (Phi) is 5.64. The molecule has 1 amide bonds. The van der Waals surface area contributed by atoms with Crippen LogP contribution < -0.4 is 15.5 Å². The van der Waals surface area contributed by atoms with Gasteiger partial charge < -0.3 is 15.5 Å². The summed E-state index contributed by atoms with van der Waals surface area (Å²) in [6.45, 7) is 2.02. The highest BCUT2D eigenvalue weighted by Gasteiger charge is 2.37. The van der Waals surface area contributed by atoms with Crippen LogP contribution in [0.15, 0.2) is 53.7 Å². The van der Waals surface area contributed by atoms with Crippen LogP contribution in [0.4, 0.5) is 5.69 Å². The Balaban J connectivity index is 1.66. The van der Waals surface area contributed by atoms with Gasteiger partial charge in [0.25, 0.3) is 0 Å². The molecule has 0 saturated carbocycles. The second-order valence-corrected chi connectivity index (χ2v) is 8.05. The van der Waals surface area contributed by atoms with E-state index < -0.39 is 5.25 Å². The van der Waals surface area contributed by atoms with Crippen molar-refractivity contribution in [3.05, 3.63) is 64.9 Å². The number of thioether (sulfide) groups is 1. The molecule has 0 bridgehead atoms. The van der Waals surface area contributed by atoms with Crippen molar-refractivity contribution in [2.75, 3.05) is 17.9 Å². The maximum atomic E-state index is 13.2. The largest absolute Gasteiger partial charge is 0.497 e. The highest BCUT2D eigenvalue weighted by Crippen LogP contribution is 2.38. The summed E-state index contributed by atoms with van der Waals surface area (Å²) in [6.07, 6.45) is 0.731. The third kappa shape index (κ3) is 4.04. The van der Waals surface area contributed by atoms with Gasteiger partial charge in [0.05, 0.1) is 13.2 Å². The third-order valence-corrected chi connectivity index (χ3v) is 6.10. The van der Waals surface area contributed by atoms with Gasteiger partial charge in [0, 0.05) is 17.1 Å². The average Bonchev–Trinajstić information content (AvgIpc) is 3.15. The molecule has 4 rings (SSSR count). The number of anilines is 1. The summed E-state index contributed by atoms with van der Waals surface area (Å²) in [5, 5.41) is 12.2. The number of aryl methyl sites for hydroxylation is 1. The molecule has 3 aromatic rings. The van der Waals surface area contributed by atoms with Crippen LogP contribution in [0.25, 0.3) is 0 Å². The van der Waals surface area contributed by atoms with Crippen LogP contribution in [0.1, 0.15) is 24.4 Å². The van der Waals surface area contributed by atoms with E-state index in [0.29, 0.717) is 15.9 Å². The zero-order chi connectivity index (χ0) is 20.4. The SMILES string of the molecule is CCc1nnc2n1NC(c1ccc(OC)cc1)C(C(=O)Nc1cccc(Cl)c1)S2. The van der Waals surface area contributed by atoms with E-state index in [-0.39, 0.29) is 11.9 Å². The second-order valence-electron chi connectivity index (χ2n) is 6.51. The quantitative estimate of drug-likeness (QED) is 0.640. The van der Waals surface area contributed by atoms with Crippen molar-refractivity contribution in [2.45, 2.75) is 29.8 Å². The summed E-state index contributed by atoms with van der Waals surface area (Å²) >= 11 is 7.44. The van der Waals surface area contributed by atoms with Gasteiger partial charge in [-0.25, -0.2) is 4.68 Å². The minimum atomic E-state index is -0.455. The molecule has 0 aliphatic carbocycles. The number of ether oxygens (including phenoxy) is 1. The predicted octanol–water partition coefficient (Wildman–Crippen LogP) is 3.90. The first-order chi connectivity index (χ1) is 14.1. The van der Waals surface area contributed by atoms with Crippen molar-refractivity contribution in [3.63, 3.8) is 0 Å². The Hall–Kier alpha value is -2.71. The maximum absolute atomic E-state index is 13.2. The van der Waals surface area contributed by atoms with Crippen LogP contribution in [-0.2, 0) is 11.2 Å². The summed E-state index contributed by atoms with van der Waals surface area (Å²) in [4.78, 5) is 13.2. The number of fused-ring (bicyclic) bond motifs is 1. The normalized spacial score (nSPS) is 17.9. The molecule has 150 valence electrons. The third-order valence-electron chi connectivity index (χ3n) is 4.65. The standard InChI is InChI=1S/C20H20ClN5O2S/c1-3-16-23-24-20-26(16)25-17(12-7-9-15(28-2)10-8-12)18(29-20)19(27)22-14-6-4-5-13(21)11-14/h4-11,17-18,25H,3H2,1-2H3,(H,22,27). The molecule has 2 N–H and O–H groups in total. The smallest absolute Gasteiger partial charge is 0.240 e. The lowest BCUT2D eigenvalue weighted by Crippen LogP contribution is -2.41. The number of carbonyl (C=O) groups is 1. The van der Waals surface area contributed by atoms with Gasteiger partial charge in [0.1, 0.15) is 11.0 Å². The van der Waals surface area contributed by atoms with E-state index in [2.05, 4.69) is 20.9 Å². The molecule has 0 radical (unpaired) electrons. The van der Waals surface area contributed by atoms with Crippen molar-refractivity contribution >= 4 is 35.0 Å². The number of methoxy groups -OCH3 is 1. The highest BCUT2D eigenvalue weighted by molar-refractivity contribution is 8.00. The topological polar surface area (TPSA) is 81.1 Å². The summed E-state index contributed by atoms with van der Waals surface area (Å²) in [5.41, 5.74) is 5.04. The van der Waals surface area contributed by atoms with Gasteiger partial charge in [-0.05, 0) is 35.9 Å². The first kappa shape index (κ1) is 19.6. The Bertz CT molecular complexity index is 1020. The molecule has 29 heavy (non-hydrogen) atoms. The summed E-state index contributed by atoms with van der Waals surface area (Å²) in [7, 11) is 1.63. The van der Waals surface area contributed by atoms with Crippen molar-refractivity contribution in [1.29, 1.82) is 0 Å². The van der Waals surface area contributed by atoms with Crippen LogP contribution >= 0.6 is 23.4 Å². The molecule has 1 aromatic heterocycles. The number of amides is 1. The summed E-state index contributed by atoms with van der Waals surface area (Å²) in [5.74, 6) is 1.44. The van der Waals surface area contributed by atoms with Crippen LogP contribution in [0.3, 0.4) is 0 Å². The minimum Gasteiger partial charge on any atom is -0.497 e. The molecule has 2 unspecified atom stereocenters. The maximum Gasteiger partial charge on any atom is 0.240 e. The second kappa shape index (κ2) is 8.34. The van der Waals surface area contributed by atoms with E-state index in [1.54, 1.807) is 25.3 Å². The monoisotopic (exact) mass is 429 g/mol. The summed E-state index contributed by atoms with van der Waals surface area (Å²) in [6, 6.07) is 14.5. The van der Waals surface area contributed by atoms with Crippen molar-refractivity contribution < 1.29 is 9.53 Å². The number of carbonyl (C=O) groups excluding carboxylic acids is 1. The van der Waals surface area contributed by atoms with Gasteiger partial charge >= 0.3 is 0 Å². The number of aromatic nitrogens is 3. The summed E-state index contributed by atoms with van der Waals surface area (Å²) < 4.78 is 7.12. The van der Waals surface area contributed by atoms with Crippen molar-refractivity contribution in [1.82, 2.24) is 14.9 Å². The van der Waals surface area contributed by atoms with Gasteiger partial charge in [0.2, 0.25) is 11.1 Å². The van der Waals surface area contributed by atoms with E-state index in [0.717, 1.165) is 23.6 Å². The molecule has 1 aliphatic rings. The number of hydrogen-bond acceptors (Lipinski definition) is 6. The van der Waals surface area contributed by atoms with Crippen LogP contribution in [-0.4, -0.2) is 33.1 Å². The fourth-order valence-corrected chi connectivity index (χ4v) is 4.46. The molecule has 1 aliphatic heterocycles. The Morgan fingerprint density at radius 3 is 2.76 bits per heavy atom. The number of hydrogen-bond donors (Lipinski definition) is 2. The van der Waals surface area contributed by atoms with Gasteiger partial charge in [-0.3, -0.25) is 4.79 Å². The fourth-order valence-electron chi connectivity index (χ4n) is 3.17. The van der Waals surface area contributed by atoms with Crippen LogP contribution in [0.5, 0.6) is 5.75 Å².